The number of carboxylic acid groups (broad SMARTS) is 1. The summed E-state index contributed by atoms with van der Waals surface area (Å²) in [6.07, 6.45) is 4.61. The maximum atomic E-state index is 12.4. The number of ether oxygens (including phenoxy) is 1. The second-order valence-corrected chi connectivity index (χ2v) is 10.3. The standard InChI is InChI=1S/C25H35N3O3/c1-16-8-9-19(27-14-16)18-15-26-17(2)20(22(23(29)30)31-24(3,4)5)21(18)28-12-10-25(6,7)11-13-28/h8-9,14-15,22H,10-13H2,1-7H3,(H,29,30)/t22-/m0/s1. The molecule has 6 nitrogen and oxygen atoms in total. The van der Waals surface area contributed by atoms with E-state index >= 15 is 0 Å². The summed E-state index contributed by atoms with van der Waals surface area (Å²) in [5, 5.41) is 10.1. The maximum Gasteiger partial charge on any atom is 0.337 e. The van der Waals surface area contributed by atoms with Crippen LogP contribution >= 0.6 is 0 Å². The van der Waals surface area contributed by atoms with Crippen molar-refractivity contribution in [3.05, 3.63) is 41.3 Å². The number of hydrogen-bond donors (Lipinski definition) is 1. The molecule has 0 unspecified atom stereocenters. The van der Waals surface area contributed by atoms with E-state index in [1.165, 1.54) is 0 Å². The zero-order valence-corrected chi connectivity index (χ0v) is 19.8. The van der Waals surface area contributed by atoms with Gasteiger partial charge in [-0.25, -0.2) is 4.79 Å². The molecule has 3 rings (SSSR count). The molecule has 1 aliphatic heterocycles. The van der Waals surface area contributed by atoms with Crippen LogP contribution in [0.5, 0.6) is 0 Å². The van der Waals surface area contributed by atoms with Gasteiger partial charge in [0.05, 0.1) is 17.0 Å². The Hall–Kier alpha value is -2.47. The molecule has 168 valence electrons. The second kappa shape index (κ2) is 8.58. The molecule has 0 amide bonds. The summed E-state index contributed by atoms with van der Waals surface area (Å²) in [6, 6.07) is 3.99. The fourth-order valence-corrected chi connectivity index (χ4v) is 4.00. The molecule has 1 saturated heterocycles. The van der Waals surface area contributed by atoms with E-state index in [1.807, 2.05) is 59.1 Å². The number of aliphatic carboxylic acids is 1. The first-order valence-electron chi connectivity index (χ1n) is 11.0. The highest BCUT2D eigenvalue weighted by molar-refractivity contribution is 5.85. The van der Waals surface area contributed by atoms with Crippen LogP contribution in [-0.4, -0.2) is 39.7 Å². The van der Waals surface area contributed by atoms with Gasteiger partial charge in [0.25, 0.3) is 0 Å². The van der Waals surface area contributed by atoms with Crippen LogP contribution in [-0.2, 0) is 9.53 Å². The number of pyridine rings is 2. The van der Waals surface area contributed by atoms with Gasteiger partial charge in [0, 0.05) is 42.3 Å². The Morgan fingerprint density at radius 2 is 1.77 bits per heavy atom. The lowest BCUT2D eigenvalue weighted by molar-refractivity contribution is -0.160. The number of hydrogen-bond acceptors (Lipinski definition) is 5. The van der Waals surface area contributed by atoms with E-state index in [2.05, 4.69) is 28.7 Å². The predicted octanol–water partition coefficient (Wildman–Crippen LogP) is 5.33. The smallest absolute Gasteiger partial charge is 0.337 e. The van der Waals surface area contributed by atoms with Crippen LogP contribution in [0, 0.1) is 19.3 Å². The van der Waals surface area contributed by atoms with Crippen molar-refractivity contribution in [2.75, 3.05) is 18.0 Å². The third-order valence-corrected chi connectivity index (χ3v) is 5.87. The van der Waals surface area contributed by atoms with Gasteiger partial charge < -0.3 is 14.7 Å². The van der Waals surface area contributed by atoms with Crippen molar-refractivity contribution < 1.29 is 14.6 Å². The van der Waals surface area contributed by atoms with Crippen molar-refractivity contribution in [2.24, 2.45) is 5.41 Å². The largest absolute Gasteiger partial charge is 0.479 e. The van der Waals surface area contributed by atoms with Gasteiger partial charge in [-0.15, -0.1) is 0 Å². The SMILES string of the molecule is Cc1ccc(-c2cnc(C)c([C@H](OC(C)(C)C)C(=O)O)c2N2CCC(C)(C)CC2)nc1. The number of rotatable bonds is 5. The summed E-state index contributed by atoms with van der Waals surface area (Å²) in [5.41, 5.74) is 4.56. The Bertz CT molecular complexity index is 936. The second-order valence-electron chi connectivity index (χ2n) is 10.3. The molecule has 0 aromatic carbocycles. The molecular formula is C25H35N3O3. The minimum absolute atomic E-state index is 0.273. The molecule has 2 aromatic heterocycles. The van der Waals surface area contributed by atoms with Gasteiger partial charge in [0.15, 0.2) is 6.10 Å². The number of carbonyl (C=O) groups is 1. The molecule has 1 atom stereocenters. The highest BCUT2D eigenvalue weighted by Gasteiger charge is 2.35. The molecule has 3 heterocycles. The lowest BCUT2D eigenvalue weighted by Crippen LogP contribution is -2.39. The number of anilines is 1. The normalized spacial score (nSPS) is 17.5. The van der Waals surface area contributed by atoms with E-state index < -0.39 is 17.7 Å². The van der Waals surface area contributed by atoms with Crippen LogP contribution in [0.1, 0.15) is 70.4 Å². The van der Waals surface area contributed by atoms with Gasteiger partial charge in [-0.05, 0) is 64.5 Å². The zero-order chi connectivity index (χ0) is 23.0. The van der Waals surface area contributed by atoms with E-state index in [-0.39, 0.29) is 5.41 Å². The maximum absolute atomic E-state index is 12.4. The molecule has 0 saturated carbocycles. The van der Waals surface area contributed by atoms with Crippen molar-refractivity contribution in [1.29, 1.82) is 0 Å². The molecule has 0 bridgehead atoms. The van der Waals surface area contributed by atoms with Crippen LogP contribution in [0.15, 0.2) is 24.5 Å². The molecule has 1 fully saturated rings. The molecule has 0 aliphatic carbocycles. The first-order chi connectivity index (χ1) is 14.4. The van der Waals surface area contributed by atoms with E-state index in [1.54, 1.807) is 0 Å². The summed E-state index contributed by atoms with van der Waals surface area (Å²) in [5.74, 6) is -1.01. The summed E-state index contributed by atoms with van der Waals surface area (Å²) < 4.78 is 6.06. The Labute approximate surface area is 185 Å². The predicted molar refractivity (Wildman–Crippen MR) is 123 cm³/mol. The monoisotopic (exact) mass is 425 g/mol. The summed E-state index contributed by atoms with van der Waals surface area (Å²) in [7, 11) is 0. The number of carboxylic acids is 1. The van der Waals surface area contributed by atoms with Crippen molar-refractivity contribution in [3.8, 4) is 11.3 Å². The van der Waals surface area contributed by atoms with Gasteiger partial charge >= 0.3 is 5.97 Å². The molecule has 0 radical (unpaired) electrons. The quantitative estimate of drug-likeness (QED) is 0.698. The van der Waals surface area contributed by atoms with Crippen LogP contribution in [0.4, 0.5) is 5.69 Å². The Kier molecular flexibility index (Phi) is 6.42. The van der Waals surface area contributed by atoms with Crippen molar-refractivity contribution in [1.82, 2.24) is 9.97 Å². The fourth-order valence-electron chi connectivity index (χ4n) is 4.00. The summed E-state index contributed by atoms with van der Waals surface area (Å²) in [4.78, 5) is 23.9. The van der Waals surface area contributed by atoms with Crippen LogP contribution in [0.2, 0.25) is 0 Å². The first kappa shape index (κ1) is 23.2. The number of nitrogens with zero attached hydrogens (tertiary/aromatic N) is 3. The minimum atomic E-state index is -1.11. The highest BCUT2D eigenvalue weighted by Crippen LogP contribution is 2.42. The summed E-state index contributed by atoms with van der Waals surface area (Å²) >= 11 is 0. The zero-order valence-electron chi connectivity index (χ0n) is 19.8. The molecule has 1 aliphatic rings. The third-order valence-electron chi connectivity index (χ3n) is 5.87. The Morgan fingerprint density at radius 1 is 1.13 bits per heavy atom. The topological polar surface area (TPSA) is 75.6 Å². The Balaban J connectivity index is 2.22. The Morgan fingerprint density at radius 3 is 2.29 bits per heavy atom. The molecule has 6 heteroatoms. The molecule has 2 aromatic rings. The molecule has 0 spiro atoms. The number of piperidine rings is 1. The first-order valence-corrected chi connectivity index (χ1v) is 11.0. The van der Waals surface area contributed by atoms with Gasteiger partial charge in [0.2, 0.25) is 0 Å². The van der Waals surface area contributed by atoms with Gasteiger partial charge in [-0.1, -0.05) is 19.9 Å². The average molecular weight is 426 g/mol. The summed E-state index contributed by atoms with van der Waals surface area (Å²) in [6.45, 7) is 15.8. The third kappa shape index (κ3) is 5.42. The van der Waals surface area contributed by atoms with E-state index in [4.69, 9.17) is 4.74 Å². The van der Waals surface area contributed by atoms with Crippen molar-refractivity contribution >= 4 is 11.7 Å². The van der Waals surface area contributed by atoms with Crippen LogP contribution in [0.3, 0.4) is 0 Å². The molecule has 1 N–H and O–H groups in total. The van der Waals surface area contributed by atoms with E-state index in [0.717, 1.165) is 48.4 Å². The van der Waals surface area contributed by atoms with Crippen LogP contribution < -0.4 is 4.90 Å². The van der Waals surface area contributed by atoms with Gasteiger partial charge in [0.1, 0.15) is 0 Å². The molecular weight excluding hydrogens is 390 g/mol. The average Bonchev–Trinajstić information content (AvgIpc) is 2.66. The van der Waals surface area contributed by atoms with Crippen LogP contribution in [0.25, 0.3) is 11.3 Å². The molecule has 31 heavy (non-hydrogen) atoms. The number of aromatic nitrogens is 2. The van der Waals surface area contributed by atoms with E-state index in [9.17, 15) is 9.90 Å². The minimum Gasteiger partial charge on any atom is -0.479 e. The van der Waals surface area contributed by atoms with E-state index in [0.29, 0.717) is 11.3 Å². The lowest BCUT2D eigenvalue weighted by atomic mass is 9.82. The highest BCUT2D eigenvalue weighted by atomic mass is 16.5. The van der Waals surface area contributed by atoms with Gasteiger partial charge in [-0.3, -0.25) is 9.97 Å². The van der Waals surface area contributed by atoms with Crippen molar-refractivity contribution in [3.63, 3.8) is 0 Å². The van der Waals surface area contributed by atoms with Gasteiger partial charge in [-0.2, -0.15) is 0 Å². The van der Waals surface area contributed by atoms with Crippen molar-refractivity contribution in [2.45, 2.75) is 73.0 Å². The number of aryl methyl sites for hydroxylation is 2. The lowest BCUT2D eigenvalue weighted by Gasteiger charge is -2.40. The fraction of sp³-hybridized carbons (Fsp3) is 0.560.